The molecule has 1 aromatic rings. The zero-order valence-electron chi connectivity index (χ0n) is 8.63. The van der Waals surface area contributed by atoms with Gasteiger partial charge in [-0.1, -0.05) is 6.42 Å². The second-order valence-corrected chi connectivity index (χ2v) is 6.25. The first-order valence-electron chi connectivity index (χ1n) is 5.36. The van der Waals surface area contributed by atoms with Gasteiger partial charge in [-0.05, 0) is 40.9 Å². The molecule has 82 valence electrons. The molecular weight excluding hydrogens is 272 g/mol. The summed E-state index contributed by atoms with van der Waals surface area (Å²) in [5, 5.41) is 3.43. The maximum atomic E-state index is 4.54. The molecule has 2 rings (SSSR count). The lowest BCUT2D eigenvalue weighted by Crippen LogP contribution is -2.22. The van der Waals surface area contributed by atoms with Crippen LogP contribution < -0.4 is 5.32 Å². The molecule has 1 aliphatic rings. The summed E-state index contributed by atoms with van der Waals surface area (Å²) >= 11 is 5.25. The van der Waals surface area contributed by atoms with Crippen LogP contribution in [0.4, 0.5) is 0 Å². The number of aliphatic imine (C=N–C) groups is 1. The summed E-state index contributed by atoms with van der Waals surface area (Å²) in [4.78, 5) is 5.90. The summed E-state index contributed by atoms with van der Waals surface area (Å²) in [6, 6.07) is 4.25. The molecule has 0 fully saturated rings. The highest BCUT2D eigenvalue weighted by Crippen LogP contribution is 2.21. The van der Waals surface area contributed by atoms with Crippen LogP contribution in [-0.2, 0) is 6.54 Å². The molecule has 0 bridgehead atoms. The van der Waals surface area contributed by atoms with E-state index in [1.165, 1.54) is 33.8 Å². The van der Waals surface area contributed by atoms with E-state index in [0.29, 0.717) is 0 Å². The lowest BCUT2D eigenvalue weighted by Gasteiger charge is -2.06. The van der Waals surface area contributed by atoms with Gasteiger partial charge in [0.15, 0.2) is 0 Å². The first-order valence-corrected chi connectivity index (χ1v) is 6.97. The summed E-state index contributed by atoms with van der Waals surface area (Å²) in [5.41, 5.74) is 0. The number of hydrogen-bond acceptors (Lipinski definition) is 3. The van der Waals surface area contributed by atoms with E-state index in [9.17, 15) is 0 Å². The number of amidine groups is 1. The Morgan fingerprint density at radius 3 is 3.07 bits per heavy atom. The Kier molecular flexibility index (Phi) is 4.20. The summed E-state index contributed by atoms with van der Waals surface area (Å²) in [5.74, 6) is 1.19. The van der Waals surface area contributed by atoms with Crippen molar-refractivity contribution in [3.63, 3.8) is 0 Å². The van der Waals surface area contributed by atoms with E-state index < -0.39 is 0 Å². The third-order valence-corrected chi connectivity index (χ3v) is 4.09. The van der Waals surface area contributed by atoms with Gasteiger partial charge in [-0.15, -0.1) is 11.3 Å². The lowest BCUT2D eigenvalue weighted by molar-refractivity contribution is 0.728. The molecule has 1 aliphatic heterocycles. The first kappa shape index (κ1) is 11.1. The molecule has 15 heavy (non-hydrogen) atoms. The normalized spacial score (nSPS) is 17.0. The molecule has 4 heteroatoms. The largest absolute Gasteiger partial charge is 0.369 e. The van der Waals surface area contributed by atoms with Crippen molar-refractivity contribution in [3.8, 4) is 0 Å². The van der Waals surface area contributed by atoms with Gasteiger partial charge in [0.25, 0.3) is 0 Å². The minimum absolute atomic E-state index is 0.912. The van der Waals surface area contributed by atoms with Gasteiger partial charge in [0.05, 0.1) is 16.2 Å². The Balaban J connectivity index is 1.84. The minimum Gasteiger partial charge on any atom is -0.369 e. The van der Waals surface area contributed by atoms with Crippen LogP contribution in [0.25, 0.3) is 0 Å². The molecule has 0 saturated carbocycles. The SMILES string of the molecule is Brc1ccc(CNC2=NCCCCC2)s1. The van der Waals surface area contributed by atoms with Crippen LogP contribution in [0.2, 0.25) is 0 Å². The van der Waals surface area contributed by atoms with E-state index in [-0.39, 0.29) is 0 Å². The molecule has 0 radical (unpaired) electrons. The number of nitrogens with one attached hydrogen (secondary N) is 1. The highest BCUT2D eigenvalue weighted by atomic mass is 79.9. The van der Waals surface area contributed by atoms with Crippen molar-refractivity contribution >= 4 is 33.1 Å². The van der Waals surface area contributed by atoms with E-state index >= 15 is 0 Å². The van der Waals surface area contributed by atoms with Gasteiger partial charge in [-0.25, -0.2) is 0 Å². The molecule has 0 atom stereocenters. The van der Waals surface area contributed by atoms with Crippen LogP contribution in [0.5, 0.6) is 0 Å². The molecule has 1 N–H and O–H groups in total. The van der Waals surface area contributed by atoms with Crippen LogP contribution in [-0.4, -0.2) is 12.4 Å². The fourth-order valence-electron chi connectivity index (χ4n) is 1.65. The summed E-state index contributed by atoms with van der Waals surface area (Å²) < 4.78 is 1.20. The van der Waals surface area contributed by atoms with E-state index in [0.717, 1.165) is 19.5 Å². The molecule has 2 nitrogen and oxygen atoms in total. The van der Waals surface area contributed by atoms with Crippen LogP contribution >= 0.6 is 27.3 Å². The minimum atomic E-state index is 0.912. The van der Waals surface area contributed by atoms with Crippen molar-refractivity contribution in [2.24, 2.45) is 4.99 Å². The van der Waals surface area contributed by atoms with Crippen molar-refractivity contribution < 1.29 is 0 Å². The maximum absolute atomic E-state index is 4.54. The number of halogens is 1. The highest BCUT2D eigenvalue weighted by Gasteiger charge is 2.04. The van der Waals surface area contributed by atoms with Crippen LogP contribution in [0.3, 0.4) is 0 Å². The van der Waals surface area contributed by atoms with E-state index in [1.54, 1.807) is 11.3 Å². The van der Waals surface area contributed by atoms with Crippen molar-refractivity contribution in [2.45, 2.75) is 32.2 Å². The number of thiophene rings is 1. The topological polar surface area (TPSA) is 24.4 Å². The number of nitrogens with zero attached hydrogens (tertiary/aromatic N) is 1. The molecule has 0 aromatic carbocycles. The van der Waals surface area contributed by atoms with Crippen LogP contribution in [0.1, 0.15) is 30.6 Å². The van der Waals surface area contributed by atoms with E-state index in [1.807, 2.05) is 0 Å². The van der Waals surface area contributed by atoms with Gasteiger partial charge in [0.2, 0.25) is 0 Å². The fraction of sp³-hybridized carbons (Fsp3) is 0.545. The van der Waals surface area contributed by atoms with Gasteiger partial charge in [-0.2, -0.15) is 0 Å². The van der Waals surface area contributed by atoms with E-state index in [2.05, 4.69) is 38.4 Å². The highest BCUT2D eigenvalue weighted by molar-refractivity contribution is 9.11. The monoisotopic (exact) mass is 286 g/mol. The molecule has 0 aliphatic carbocycles. The van der Waals surface area contributed by atoms with Crippen molar-refractivity contribution in [2.75, 3.05) is 6.54 Å². The molecule has 2 heterocycles. The zero-order valence-corrected chi connectivity index (χ0v) is 11.0. The number of hydrogen-bond donors (Lipinski definition) is 1. The smallest absolute Gasteiger partial charge is 0.0965 e. The molecular formula is C11H15BrN2S. The molecule has 0 unspecified atom stereocenters. The van der Waals surface area contributed by atoms with E-state index in [4.69, 9.17) is 0 Å². The zero-order chi connectivity index (χ0) is 10.5. The average molecular weight is 287 g/mol. The Morgan fingerprint density at radius 2 is 2.27 bits per heavy atom. The predicted molar refractivity (Wildman–Crippen MR) is 69.6 cm³/mol. The molecule has 1 aromatic heterocycles. The van der Waals surface area contributed by atoms with Crippen LogP contribution in [0, 0.1) is 0 Å². The molecule has 0 amide bonds. The average Bonchev–Trinajstić information content (AvgIpc) is 2.52. The van der Waals surface area contributed by atoms with Gasteiger partial charge >= 0.3 is 0 Å². The standard InChI is InChI=1S/C11H15BrN2S/c12-10-6-5-9(15-10)8-14-11-4-2-1-3-7-13-11/h5-6H,1-4,7-8H2,(H,13,14). The lowest BCUT2D eigenvalue weighted by atomic mass is 10.2. The van der Waals surface area contributed by atoms with Gasteiger partial charge in [0, 0.05) is 17.8 Å². The first-order chi connectivity index (χ1) is 7.34. The fourth-order valence-corrected chi connectivity index (χ4v) is 3.08. The second kappa shape index (κ2) is 5.66. The Labute approximate surface area is 103 Å². The summed E-state index contributed by atoms with van der Waals surface area (Å²) in [6.45, 7) is 1.91. The Bertz CT molecular complexity index is 346. The Morgan fingerprint density at radius 1 is 1.33 bits per heavy atom. The van der Waals surface area contributed by atoms with Crippen molar-refractivity contribution in [1.82, 2.24) is 5.32 Å². The third-order valence-electron chi connectivity index (χ3n) is 2.47. The van der Waals surface area contributed by atoms with Crippen molar-refractivity contribution in [3.05, 3.63) is 20.8 Å². The predicted octanol–water partition coefficient (Wildman–Crippen LogP) is 3.57. The van der Waals surface area contributed by atoms with Gasteiger partial charge < -0.3 is 5.32 Å². The van der Waals surface area contributed by atoms with Crippen LogP contribution in [0.15, 0.2) is 20.9 Å². The van der Waals surface area contributed by atoms with Gasteiger partial charge in [0.1, 0.15) is 0 Å². The second-order valence-electron chi connectivity index (χ2n) is 3.70. The van der Waals surface area contributed by atoms with Gasteiger partial charge in [-0.3, -0.25) is 4.99 Å². The molecule has 0 spiro atoms. The molecule has 0 saturated heterocycles. The quantitative estimate of drug-likeness (QED) is 0.883. The van der Waals surface area contributed by atoms with Crippen molar-refractivity contribution in [1.29, 1.82) is 0 Å². The number of rotatable bonds is 2. The maximum Gasteiger partial charge on any atom is 0.0965 e. The third kappa shape index (κ3) is 3.61. The Hall–Kier alpha value is -0.350. The summed E-state index contributed by atoms with van der Waals surface area (Å²) in [7, 11) is 0. The summed E-state index contributed by atoms with van der Waals surface area (Å²) in [6.07, 6.45) is 4.96.